The summed E-state index contributed by atoms with van der Waals surface area (Å²) in [5.41, 5.74) is 7.03. The van der Waals surface area contributed by atoms with Gasteiger partial charge in [-0.15, -0.1) is 11.3 Å². The molecule has 5 heteroatoms. The Morgan fingerprint density at radius 1 is 1.23 bits per heavy atom. The number of benzene rings is 1. The van der Waals surface area contributed by atoms with E-state index >= 15 is 0 Å². The standard InChI is InChI=1S/C17H23N3OS/c1-3-4-11-19-17(18)20-12-15-9-10-16(22-15)13-5-7-14(21-2)8-6-13/h5-10H,3-4,11-12H2,1-2H3,(H3,18,19,20). The summed E-state index contributed by atoms with van der Waals surface area (Å²) in [6.07, 6.45) is 2.26. The van der Waals surface area contributed by atoms with Gasteiger partial charge in [0, 0.05) is 16.3 Å². The van der Waals surface area contributed by atoms with Crippen LogP contribution < -0.4 is 15.8 Å². The smallest absolute Gasteiger partial charge is 0.188 e. The predicted molar refractivity (Wildman–Crippen MR) is 94.5 cm³/mol. The highest BCUT2D eigenvalue weighted by Crippen LogP contribution is 2.29. The number of unbranched alkanes of at least 4 members (excludes halogenated alkanes) is 1. The van der Waals surface area contributed by atoms with Gasteiger partial charge in [-0.2, -0.15) is 0 Å². The fourth-order valence-corrected chi connectivity index (χ4v) is 2.92. The molecule has 0 spiro atoms. The first-order valence-electron chi connectivity index (χ1n) is 7.50. The average Bonchev–Trinajstić information content (AvgIpc) is 3.02. The van der Waals surface area contributed by atoms with Crippen LogP contribution in [0.25, 0.3) is 10.4 Å². The van der Waals surface area contributed by atoms with Crippen molar-refractivity contribution < 1.29 is 4.74 Å². The third-order valence-corrected chi connectivity index (χ3v) is 4.40. The molecule has 0 fully saturated rings. The Balaban J connectivity index is 1.94. The molecule has 4 nitrogen and oxygen atoms in total. The number of guanidine groups is 1. The lowest BCUT2D eigenvalue weighted by molar-refractivity contribution is 0.415. The molecule has 1 aromatic heterocycles. The second kappa shape index (κ2) is 8.44. The van der Waals surface area contributed by atoms with E-state index in [4.69, 9.17) is 10.5 Å². The van der Waals surface area contributed by atoms with Crippen LogP contribution in [0.2, 0.25) is 0 Å². The Morgan fingerprint density at radius 3 is 2.68 bits per heavy atom. The van der Waals surface area contributed by atoms with Crippen LogP contribution in [0, 0.1) is 0 Å². The topological polar surface area (TPSA) is 59.6 Å². The van der Waals surface area contributed by atoms with E-state index in [9.17, 15) is 0 Å². The predicted octanol–water partition coefficient (Wildman–Crippen LogP) is 3.63. The molecule has 118 valence electrons. The van der Waals surface area contributed by atoms with Crippen molar-refractivity contribution in [2.24, 2.45) is 10.7 Å². The normalized spacial score (nSPS) is 11.5. The van der Waals surface area contributed by atoms with Crippen LogP contribution >= 0.6 is 11.3 Å². The number of nitrogens with zero attached hydrogens (tertiary/aromatic N) is 1. The monoisotopic (exact) mass is 317 g/mol. The SMILES string of the molecule is CCCCNC(N)=NCc1ccc(-c2ccc(OC)cc2)s1. The average molecular weight is 317 g/mol. The number of ether oxygens (including phenoxy) is 1. The summed E-state index contributed by atoms with van der Waals surface area (Å²) in [6.45, 7) is 3.65. The molecule has 0 amide bonds. The van der Waals surface area contributed by atoms with Crippen LogP contribution in [0.3, 0.4) is 0 Å². The number of rotatable bonds is 7. The molecule has 0 saturated heterocycles. The molecule has 0 radical (unpaired) electrons. The number of aliphatic imine (C=N–C) groups is 1. The molecule has 1 heterocycles. The summed E-state index contributed by atoms with van der Waals surface area (Å²) in [6, 6.07) is 12.3. The second-order valence-corrected chi connectivity index (χ2v) is 6.14. The van der Waals surface area contributed by atoms with E-state index in [-0.39, 0.29) is 0 Å². The number of hydrogen-bond donors (Lipinski definition) is 2. The summed E-state index contributed by atoms with van der Waals surface area (Å²) in [5.74, 6) is 1.39. The maximum atomic E-state index is 5.84. The van der Waals surface area contributed by atoms with Gasteiger partial charge in [-0.05, 0) is 48.4 Å². The van der Waals surface area contributed by atoms with Crippen LogP contribution in [0.5, 0.6) is 5.75 Å². The zero-order valence-electron chi connectivity index (χ0n) is 13.1. The minimum atomic E-state index is 0.521. The van der Waals surface area contributed by atoms with Gasteiger partial charge in [0.25, 0.3) is 0 Å². The Bertz CT molecular complexity index is 605. The van der Waals surface area contributed by atoms with E-state index in [2.05, 4.69) is 41.5 Å². The molecule has 0 atom stereocenters. The van der Waals surface area contributed by atoms with Gasteiger partial charge in [-0.25, -0.2) is 4.99 Å². The molecule has 0 aliphatic rings. The Hall–Kier alpha value is -2.01. The van der Waals surface area contributed by atoms with Gasteiger partial charge in [-0.3, -0.25) is 0 Å². The molecule has 0 bridgehead atoms. The minimum absolute atomic E-state index is 0.521. The maximum Gasteiger partial charge on any atom is 0.188 e. The number of nitrogens with two attached hydrogens (primary N) is 1. The van der Waals surface area contributed by atoms with E-state index < -0.39 is 0 Å². The van der Waals surface area contributed by atoms with Gasteiger partial charge < -0.3 is 15.8 Å². The van der Waals surface area contributed by atoms with Gasteiger partial charge in [-0.1, -0.05) is 13.3 Å². The van der Waals surface area contributed by atoms with Crippen LogP contribution in [0.4, 0.5) is 0 Å². The highest BCUT2D eigenvalue weighted by molar-refractivity contribution is 7.15. The van der Waals surface area contributed by atoms with Gasteiger partial charge in [0.1, 0.15) is 5.75 Å². The number of hydrogen-bond acceptors (Lipinski definition) is 3. The van der Waals surface area contributed by atoms with Crippen LogP contribution in [0.1, 0.15) is 24.6 Å². The van der Waals surface area contributed by atoms with E-state index in [0.717, 1.165) is 25.1 Å². The summed E-state index contributed by atoms with van der Waals surface area (Å²) >= 11 is 1.74. The molecule has 3 N–H and O–H groups in total. The number of thiophene rings is 1. The number of nitrogens with one attached hydrogen (secondary N) is 1. The fourth-order valence-electron chi connectivity index (χ4n) is 1.99. The Kier molecular flexibility index (Phi) is 6.27. The van der Waals surface area contributed by atoms with Crippen LogP contribution in [-0.2, 0) is 6.54 Å². The first-order chi connectivity index (χ1) is 10.7. The van der Waals surface area contributed by atoms with Crippen molar-refractivity contribution >= 4 is 17.3 Å². The van der Waals surface area contributed by atoms with Crippen molar-refractivity contribution in [3.05, 3.63) is 41.3 Å². The van der Waals surface area contributed by atoms with Gasteiger partial charge in [0.05, 0.1) is 13.7 Å². The minimum Gasteiger partial charge on any atom is -0.497 e. The van der Waals surface area contributed by atoms with Crippen molar-refractivity contribution in [3.8, 4) is 16.2 Å². The highest BCUT2D eigenvalue weighted by Gasteiger charge is 2.03. The zero-order chi connectivity index (χ0) is 15.8. The molecule has 22 heavy (non-hydrogen) atoms. The quantitative estimate of drug-likeness (QED) is 0.466. The first kappa shape index (κ1) is 16.4. The van der Waals surface area contributed by atoms with E-state index in [0.29, 0.717) is 12.5 Å². The van der Waals surface area contributed by atoms with Crippen molar-refractivity contribution in [2.75, 3.05) is 13.7 Å². The Labute approximate surface area is 136 Å². The lowest BCUT2D eigenvalue weighted by Crippen LogP contribution is -2.32. The molecule has 0 aliphatic heterocycles. The van der Waals surface area contributed by atoms with Crippen molar-refractivity contribution in [1.82, 2.24) is 5.32 Å². The van der Waals surface area contributed by atoms with Gasteiger partial charge in [0.15, 0.2) is 5.96 Å². The fraction of sp³-hybridized carbons (Fsp3) is 0.353. The molecular weight excluding hydrogens is 294 g/mol. The molecule has 0 aliphatic carbocycles. The van der Waals surface area contributed by atoms with E-state index in [1.807, 2.05) is 12.1 Å². The van der Waals surface area contributed by atoms with Crippen molar-refractivity contribution in [1.29, 1.82) is 0 Å². The summed E-state index contributed by atoms with van der Waals surface area (Å²) < 4.78 is 5.18. The zero-order valence-corrected chi connectivity index (χ0v) is 14.0. The van der Waals surface area contributed by atoms with Crippen LogP contribution in [0.15, 0.2) is 41.4 Å². The van der Waals surface area contributed by atoms with E-state index in [1.54, 1.807) is 18.4 Å². The summed E-state index contributed by atoms with van der Waals surface area (Å²) in [5, 5.41) is 3.12. The largest absolute Gasteiger partial charge is 0.497 e. The van der Waals surface area contributed by atoms with Gasteiger partial charge in [0.2, 0.25) is 0 Å². The third-order valence-electron chi connectivity index (χ3n) is 3.28. The Morgan fingerprint density at radius 2 is 2.00 bits per heavy atom. The second-order valence-electron chi connectivity index (χ2n) is 4.98. The summed E-state index contributed by atoms with van der Waals surface area (Å²) in [7, 11) is 1.68. The molecule has 2 rings (SSSR count). The maximum absolute atomic E-state index is 5.84. The van der Waals surface area contributed by atoms with E-state index in [1.165, 1.54) is 15.3 Å². The highest BCUT2D eigenvalue weighted by atomic mass is 32.1. The molecule has 0 saturated carbocycles. The van der Waals surface area contributed by atoms with Crippen molar-refractivity contribution in [3.63, 3.8) is 0 Å². The lowest BCUT2D eigenvalue weighted by atomic mass is 10.2. The van der Waals surface area contributed by atoms with Crippen LogP contribution in [-0.4, -0.2) is 19.6 Å². The third kappa shape index (κ3) is 4.77. The summed E-state index contributed by atoms with van der Waals surface area (Å²) in [4.78, 5) is 6.80. The molecule has 2 aromatic rings. The number of methoxy groups -OCH3 is 1. The van der Waals surface area contributed by atoms with Gasteiger partial charge >= 0.3 is 0 Å². The molecular formula is C17H23N3OS. The molecule has 0 unspecified atom stereocenters. The van der Waals surface area contributed by atoms with Crippen molar-refractivity contribution in [2.45, 2.75) is 26.3 Å². The molecule has 1 aromatic carbocycles. The first-order valence-corrected chi connectivity index (χ1v) is 8.31. The lowest BCUT2D eigenvalue weighted by Gasteiger charge is -2.03.